The second-order valence-electron chi connectivity index (χ2n) is 5.27. The molecule has 3 rings (SSSR count). The van der Waals surface area contributed by atoms with E-state index in [1.165, 1.54) is 6.07 Å². The van der Waals surface area contributed by atoms with E-state index in [0.29, 0.717) is 17.7 Å². The van der Waals surface area contributed by atoms with Gasteiger partial charge in [-0.05, 0) is 23.6 Å². The van der Waals surface area contributed by atoms with Crippen molar-refractivity contribution < 1.29 is 4.39 Å². The van der Waals surface area contributed by atoms with Crippen molar-refractivity contribution in [1.82, 2.24) is 0 Å². The summed E-state index contributed by atoms with van der Waals surface area (Å²) in [5, 5.41) is 11.1. The van der Waals surface area contributed by atoms with Gasteiger partial charge < -0.3 is 4.90 Å². The lowest BCUT2D eigenvalue weighted by Crippen LogP contribution is -2.17. The molecular weight excluding hydrogens is 275 g/mol. The highest BCUT2D eigenvalue weighted by atomic mass is 19.1. The first-order valence-corrected chi connectivity index (χ1v) is 7.06. The molecule has 0 aromatic heterocycles. The Bertz CT molecular complexity index is 859. The Morgan fingerprint density at radius 1 is 1.05 bits per heavy atom. The normalized spacial score (nSPS) is 10.4. The quantitative estimate of drug-likeness (QED) is 0.710. The zero-order chi connectivity index (χ0) is 15.5. The van der Waals surface area contributed by atoms with E-state index < -0.39 is 0 Å². The van der Waals surface area contributed by atoms with E-state index in [1.807, 2.05) is 42.3 Å². The summed E-state index contributed by atoms with van der Waals surface area (Å²) in [6.07, 6.45) is 0. The summed E-state index contributed by atoms with van der Waals surface area (Å²) < 4.78 is 14.0. The van der Waals surface area contributed by atoms with Crippen LogP contribution in [0.1, 0.15) is 11.1 Å². The molecule has 0 unspecified atom stereocenters. The molecule has 0 aliphatic heterocycles. The Labute approximate surface area is 129 Å². The summed E-state index contributed by atoms with van der Waals surface area (Å²) >= 11 is 0. The topological polar surface area (TPSA) is 27.0 Å². The van der Waals surface area contributed by atoms with Crippen molar-refractivity contribution in [2.24, 2.45) is 0 Å². The van der Waals surface area contributed by atoms with Crippen molar-refractivity contribution in [2.75, 3.05) is 11.9 Å². The zero-order valence-corrected chi connectivity index (χ0v) is 12.3. The third-order valence-corrected chi connectivity index (χ3v) is 3.77. The minimum atomic E-state index is -0.342. The number of hydrogen-bond acceptors (Lipinski definition) is 2. The van der Waals surface area contributed by atoms with Crippen LogP contribution < -0.4 is 4.90 Å². The fourth-order valence-corrected chi connectivity index (χ4v) is 2.63. The van der Waals surface area contributed by atoms with Crippen molar-refractivity contribution >= 4 is 16.5 Å². The molecular formula is C19H15FN2. The van der Waals surface area contributed by atoms with Crippen molar-refractivity contribution in [3.8, 4) is 6.07 Å². The lowest BCUT2D eigenvalue weighted by molar-refractivity contribution is 0.607. The van der Waals surface area contributed by atoms with Crippen LogP contribution in [0.15, 0.2) is 60.7 Å². The highest BCUT2D eigenvalue weighted by Gasteiger charge is 2.10. The molecule has 0 amide bonds. The van der Waals surface area contributed by atoms with E-state index in [-0.39, 0.29) is 5.82 Å². The number of rotatable bonds is 3. The summed E-state index contributed by atoms with van der Waals surface area (Å²) in [5.41, 5.74) is 1.98. The van der Waals surface area contributed by atoms with E-state index in [4.69, 9.17) is 5.26 Å². The third-order valence-electron chi connectivity index (χ3n) is 3.77. The number of nitriles is 1. The van der Waals surface area contributed by atoms with Crippen LogP contribution in [-0.4, -0.2) is 7.05 Å². The van der Waals surface area contributed by atoms with Gasteiger partial charge in [0.05, 0.1) is 11.6 Å². The Morgan fingerprint density at radius 3 is 2.59 bits per heavy atom. The van der Waals surface area contributed by atoms with Gasteiger partial charge in [0.15, 0.2) is 0 Å². The van der Waals surface area contributed by atoms with Crippen LogP contribution in [0, 0.1) is 17.1 Å². The van der Waals surface area contributed by atoms with Crippen LogP contribution in [0.2, 0.25) is 0 Å². The molecule has 0 saturated heterocycles. The number of hydrogen-bond donors (Lipinski definition) is 0. The molecule has 0 fully saturated rings. The zero-order valence-electron chi connectivity index (χ0n) is 12.3. The van der Waals surface area contributed by atoms with Gasteiger partial charge in [0.1, 0.15) is 5.82 Å². The van der Waals surface area contributed by atoms with E-state index >= 15 is 0 Å². The van der Waals surface area contributed by atoms with E-state index in [2.05, 4.69) is 18.2 Å². The smallest absolute Gasteiger partial charge is 0.129 e. The van der Waals surface area contributed by atoms with Crippen molar-refractivity contribution in [3.63, 3.8) is 0 Å². The van der Waals surface area contributed by atoms with Crippen molar-refractivity contribution in [2.45, 2.75) is 6.54 Å². The van der Waals surface area contributed by atoms with Crippen LogP contribution in [0.25, 0.3) is 10.8 Å². The predicted molar refractivity (Wildman–Crippen MR) is 87.2 cm³/mol. The minimum absolute atomic E-state index is 0.342. The average molecular weight is 290 g/mol. The Balaban J connectivity index is 1.94. The highest BCUT2D eigenvalue weighted by Crippen LogP contribution is 2.27. The fraction of sp³-hybridized carbons (Fsp3) is 0.105. The summed E-state index contributed by atoms with van der Waals surface area (Å²) in [6, 6.07) is 20.8. The lowest BCUT2D eigenvalue weighted by Gasteiger charge is -2.21. The van der Waals surface area contributed by atoms with Gasteiger partial charge in [-0.1, -0.05) is 42.5 Å². The second-order valence-corrected chi connectivity index (χ2v) is 5.27. The molecule has 2 nitrogen and oxygen atoms in total. The molecule has 3 aromatic rings. The maximum atomic E-state index is 14.0. The molecule has 3 heteroatoms. The Kier molecular flexibility index (Phi) is 3.76. The van der Waals surface area contributed by atoms with E-state index in [1.54, 1.807) is 12.1 Å². The lowest BCUT2D eigenvalue weighted by atomic mass is 10.1. The largest absolute Gasteiger partial charge is 0.370 e. The van der Waals surface area contributed by atoms with Gasteiger partial charge in [0.25, 0.3) is 0 Å². The van der Waals surface area contributed by atoms with E-state index in [0.717, 1.165) is 16.5 Å². The molecule has 0 heterocycles. The molecule has 3 aromatic carbocycles. The SMILES string of the molecule is CN(Cc1ccc(C#N)cc1F)c1cccc2ccccc12. The van der Waals surface area contributed by atoms with Crippen LogP contribution in [0.3, 0.4) is 0 Å². The van der Waals surface area contributed by atoms with Crippen LogP contribution in [-0.2, 0) is 6.54 Å². The van der Waals surface area contributed by atoms with Gasteiger partial charge in [-0.25, -0.2) is 4.39 Å². The first-order chi connectivity index (χ1) is 10.7. The van der Waals surface area contributed by atoms with Gasteiger partial charge in [0, 0.05) is 30.2 Å². The molecule has 0 radical (unpaired) electrons. The average Bonchev–Trinajstić information content (AvgIpc) is 2.56. The van der Waals surface area contributed by atoms with Crippen molar-refractivity contribution in [3.05, 3.63) is 77.6 Å². The van der Waals surface area contributed by atoms with E-state index in [9.17, 15) is 4.39 Å². The van der Waals surface area contributed by atoms with Gasteiger partial charge in [-0.2, -0.15) is 5.26 Å². The Morgan fingerprint density at radius 2 is 1.82 bits per heavy atom. The first kappa shape index (κ1) is 14.1. The van der Waals surface area contributed by atoms with Gasteiger partial charge >= 0.3 is 0 Å². The molecule has 0 N–H and O–H groups in total. The minimum Gasteiger partial charge on any atom is -0.370 e. The van der Waals surface area contributed by atoms with Crippen molar-refractivity contribution in [1.29, 1.82) is 5.26 Å². The highest BCUT2D eigenvalue weighted by molar-refractivity contribution is 5.94. The summed E-state index contributed by atoms with van der Waals surface area (Å²) in [7, 11) is 1.94. The fourth-order valence-electron chi connectivity index (χ4n) is 2.63. The van der Waals surface area contributed by atoms with Crippen LogP contribution in [0.5, 0.6) is 0 Å². The second kappa shape index (κ2) is 5.87. The standard InChI is InChI=1S/C19H15FN2/c1-22(13-16-10-9-14(12-21)11-18(16)20)19-8-4-6-15-5-2-3-7-17(15)19/h2-11H,13H2,1H3. The summed E-state index contributed by atoms with van der Waals surface area (Å²) in [6.45, 7) is 0.450. The third kappa shape index (κ3) is 2.64. The molecule has 0 aliphatic rings. The predicted octanol–water partition coefficient (Wildman–Crippen LogP) is 4.49. The molecule has 0 aliphatic carbocycles. The van der Waals surface area contributed by atoms with Crippen LogP contribution >= 0.6 is 0 Å². The molecule has 0 saturated carbocycles. The molecule has 108 valence electrons. The monoisotopic (exact) mass is 290 g/mol. The van der Waals surface area contributed by atoms with Gasteiger partial charge in [-0.3, -0.25) is 0 Å². The number of nitrogens with zero attached hydrogens (tertiary/aromatic N) is 2. The van der Waals surface area contributed by atoms with Gasteiger partial charge in [-0.15, -0.1) is 0 Å². The van der Waals surface area contributed by atoms with Gasteiger partial charge in [0.2, 0.25) is 0 Å². The Hall–Kier alpha value is -2.86. The first-order valence-electron chi connectivity index (χ1n) is 7.06. The number of halogens is 1. The maximum Gasteiger partial charge on any atom is 0.129 e. The number of fused-ring (bicyclic) bond motifs is 1. The molecule has 0 bridgehead atoms. The number of anilines is 1. The summed E-state index contributed by atoms with van der Waals surface area (Å²) in [4.78, 5) is 2.02. The van der Waals surface area contributed by atoms with Crippen LogP contribution in [0.4, 0.5) is 10.1 Å². The molecule has 22 heavy (non-hydrogen) atoms. The molecule has 0 spiro atoms. The number of benzene rings is 3. The maximum absolute atomic E-state index is 14.0. The molecule has 0 atom stereocenters. The summed E-state index contributed by atoms with van der Waals surface area (Å²) in [5.74, 6) is -0.342.